The van der Waals surface area contributed by atoms with Crippen molar-refractivity contribution >= 4 is 5.71 Å². The number of nitrogens with zero attached hydrogens (tertiary/aromatic N) is 1. The van der Waals surface area contributed by atoms with Crippen LogP contribution in [0.3, 0.4) is 0 Å². The van der Waals surface area contributed by atoms with Crippen molar-refractivity contribution in [2.75, 3.05) is 7.05 Å². The van der Waals surface area contributed by atoms with Crippen LogP contribution < -0.4 is 5.43 Å². The molecule has 0 saturated heterocycles. The maximum atomic E-state index is 13.1. The van der Waals surface area contributed by atoms with Gasteiger partial charge in [-0.2, -0.15) is 5.10 Å². The van der Waals surface area contributed by atoms with Crippen molar-refractivity contribution in [3.63, 3.8) is 0 Å². The van der Waals surface area contributed by atoms with Crippen molar-refractivity contribution in [1.29, 1.82) is 0 Å². The lowest BCUT2D eigenvalue weighted by Gasteiger charge is -2.00. The molecule has 0 amide bonds. The number of benzene rings is 1. The molecule has 0 aromatic heterocycles. The Labute approximate surface area is 71.1 Å². The average molecular weight is 166 g/mol. The van der Waals surface area contributed by atoms with Gasteiger partial charge < -0.3 is 5.43 Å². The maximum absolute atomic E-state index is 13.1. The number of nitrogens with one attached hydrogen (secondary N) is 1. The molecule has 0 radical (unpaired) electrons. The molecule has 1 rings (SSSR count). The van der Waals surface area contributed by atoms with Gasteiger partial charge in [0.25, 0.3) is 0 Å². The van der Waals surface area contributed by atoms with E-state index in [0.29, 0.717) is 11.3 Å². The van der Waals surface area contributed by atoms with E-state index in [4.69, 9.17) is 0 Å². The van der Waals surface area contributed by atoms with Gasteiger partial charge in [0.1, 0.15) is 5.82 Å². The third kappa shape index (κ3) is 1.81. The second-order valence-electron chi connectivity index (χ2n) is 2.40. The van der Waals surface area contributed by atoms with Crippen LogP contribution >= 0.6 is 0 Å². The third-order valence-corrected chi connectivity index (χ3v) is 1.54. The van der Waals surface area contributed by atoms with Crippen LogP contribution in [-0.2, 0) is 0 Å². The summed E-state index contributed by atoms with van der Waals surface area (Å²) in [5, 5.41) is 3.88. The van der Waals surface area contributed by atoms with Gasteiger partial charge in [-0.25, -0.2) is 4.39 Å². The largest absolute Gasteiger partial charge is 0.313 e. The van der Waals surface area contributed by atoms with Crippen molar-refractivity contribution in [2.45, 2.75) is 6.92 Å². The highest BCUT2D eigenvalue weighted by molar-refractivity contribution is 5.98. The van der Waals surface area contributed by atoms with Gasteiger partial charge in [-0.3, -0.25) is 0 Å². The highest BCUT2D eigenvalue weighted by Gasteiger charge is 2.02. The van der Waals surface area contributed by atoms with E-state index in [1.807, 2.05) is 0 Å². The monoisotopic (exact) mass is 166 g/mol. The van der Waals surface area contributed by atoms with E-state index in [1.54, 1.807) is 32.2 Å². The Balaban J connectivity index is 3.02. The topological polar surface area (TPSA) is 24.4 Å². The molecule has 64 valence electrons. The predicted octanol–water partition coefficient (Wildman–Crippen LogP) is 1.77. The Morgan fingerprint density at radius 3 is 2.67 bits per heavy atom. The molecule has 0 heterocycles. The molecule has 1 N–H and O–H groups in total. The van der Waals surface area contributed by atoms with Gasteiger partial charge in [0.15, 0.2) is 0 Å². The van der Waals surface area contributed by atoms with Crippen molar-refractivity contribution in [3.8, 4) is 0 Å². The quantitative estimate of drug-likeness (QED) is 0.525. The van der Waals surface area contributed by atoms with Crippen LogP contribution in [0.1, 0.15) is 12.5 Å². The van der Waals surface area contributed by atoms with E-state index in [1.165, 1.54) is 6.07 Å². The fourth-order valence-corrected chi connectivity index (χ4v) is 0.983. The summed E-state index contributed by atoms with van der Waals surface area (Å²) in [6, 6.07) is 6.56. The van der Waals surface area contributed by atoms with E-state index >= 15 is 0 Å². The van der Waals surface area contributed by atoms with E-state index in [0.717, 1.165) is 0 Å². The standard InChI is InChI=1S/C9H11FN2/c1-7(12-11-2)8-5-3-4-6-9(8)10/h3-6,11H,1-2H3/b12-7-. The SMILES string of the molecule is CN/N=C(/C)c1ccccc1F. The van der Waals surface area contributed by atoms with E-state index in [2.05, 4.69) is 10.5 Å². The smallest absolute Gasteiger partial charge is 0.132 e. The maximum Gasteiger partial charge on any atom is 0.132 e. The van der Waals surface area contributed by atoms with Gasteiger partial charge in [0.05, 0.1) is 5.71 Å². The molecule has 0 atom stereocenters. The Hall–Kier alpha value is -1.38. The van der Waals surface area contributed by atoms with Crippen molar-refractivity contribution in [1.82, 2.24) is 5.43 Å². The fraction of sp³-hybridized carbons (Fsp3) is 0.222. The van der Waals surface area contributed by atoms with Crippen LogP contribution in [0.25, 0.3) is 0 Å². The van der Waals surface area contributed by atoms with Crippen LogP contribution in [0.15, 0.2) is 29.4 Å². The molecular formula is C9H11FN2. The first-order chi connectivity index (χ1) is 5.75. The summed E-state index contributed by atoms with van der Waals surface area (Å²) >= 11 is 0. The minimum absolute atomic E-state index is 0.242. The molecule has 1 aromatic rings. The molecule has 0 aliphatic carbocycles. The molecule has 0 aliphatic heterocycles. The van der Waals surface area contributed by atoms with Gasteiger partial charge in [-0.05, 0) is 13.0 Å². The molecule has 0 spiro atoms. The van der Waals surface area contributed by atoms with Crippen LogP contribution in [0.2, 0.25) is 0 Å². The van der Waals surface area contributed by atoms with E-state index in [9.17, 15) is 4.39 Å². The molecule has 0 aliphatic rings. The van der Waals surface area contributed by atoms with Crippen LogP contribution in [0.4, 0.5) is 4.39 Å². The van der Waals surface area contributed by atoms with Crippen LogP contribution in [0.5, 0.6) is 0 Å². The summed E-state index contributed by atoms with van der Waals surface area (Å²) in [6.45, 7) is 1.76. The summed E-state index contributed by atoms with van der Waals surface area (Å²) in [5.41, 5.74) is 3.80. The molecule has 2 nitrogen and oxygen atoms in total. The molecule has 1 aromatic carbocycles. The highest BCUT2D eigenvalue weighted by atomic mass is 19.1. The molecule has 0 bridgehead atoms. The average Bonchev–Trinajstić information content (AvgIpc) is 2.05. The van der Waals surface area contributed by atoms with E-state index in [-0.39, 0.29) is 5.82 Å². The Morgan fingerprint density at radius 1 is 1.42 bits per heavy atom. The first kappa shape index (κ1) is 8.71. The minimum Gasteiger partial charge on any atom is -0.313 e. The normalized spacial score (nSPS) is 11.4. The van der Waals surface area contributed by atoms with Crippen molar-refractivity contribution in [3.05, 3.63) is 35.6 Å². The zero-order chi connectivity index (χ0) is 8.97. The summed E-state index contributed by atoms with van der Waals surface area (Å²) in [6.07, 6.45) is 0. The summed E-state index contributed by atoms with van der Waals surface area (Å²) in [7, 11) is 1.68. The number of hydrogen-bond acceptors (Lipinski definition) is 2. The lowest BCUT2D eigenvalue weighted by molar-refractivity contribution is 0.625. The predicted molar refractivity (Wildman–Crippen MR) is 47.7 cm³/mol. The Morgan fingerprint density at radius 2 is 2.08 bits per heavy atom. The number of hydrogen-bond donors (Lipinski definition) is 1. The minimum atomic E-state index is -0.242. The van der Waals surface area contributed by atoms with Gasteiger partial charge in [-0.1, -0.05) is 18.2 Å². The first-order valence-electron chi connectivity index (χ1n) is 3.71. The van der Waals surface area contributed by atoms with Gasteiger partial charge in [-0.15, -0.1) is 0 Å². The molecular weight excluding hydrogens is 155 g/mol. The summed E-state index contributed by atoms with van der Waals surface area (Å²) in [5.74, 6) is -0.242. The van der Waals surface area contributed by atoms with Crippen LogP contribution in [0, 0.1) is 5.82 Å². The first-order valence-corrected chi connectivity index (χ1v) is 3.71. The lowest BCUT2D eigenvalue weighted by atomic mass is 10.1. The Bertz CT molecular complexity index is 294. The molecule has 12 heavy (non-hydrogen) atoms. The van der Waals surface area contributed by atoms with Crippen molar-refractivity contribution in [2.24, 2.45) is 5.10 Å². The van der Waals surface area contributed by atoms with Gasteiger partial charge in [0.2, 0.25) is 0 Å². The summed E-state index contributed by atoms with van der Waals surface area (Å²) in [4.78, 5) is 0. The second kappa shape index (κ2) is 3.85. The molecule has 0 saturated carbocycles. The zero-order valence-corrected chi connectivity index (χ0v) is 7.13. The van der Waals surface area contributed by atoms with Gasteiger partial charge >= 0.3 is 0 Å². The van der Waals surface area contributed by atoms with Crippen LogP contribution in [-0.4, -0.2) is 12.8 Å². The molecule has 0 unspecified atom stereocenters. The Kier molecular flexibility index (Phi) is 2.80. The van der Waals surface area contributed by atoms with Gasteiger partial charge in [0, 0.05) is 12.6 Å². The second-order valence-corrected chi connectivity index (χ2v) is 2.40. The number of rotatable bonds is 2. The highest BCUT2D eigenvalue weighted by Crippen LogP contribution is 2.06. The number of hydrazone groups is 1. The lowest BCUT2D eigenvalue weighted by Crippen LogP contribution is -2.04. The third-order valence-electron chi connectivity index (χ3n) is 1.54. The molecule has 3 heteroatoms. The van der Waals surface area contributed by atoms with E-state index < -0.39 is 0 Å². The fourth-order valence-electron chi connectivity index (χ4n) is 0.983. The van der Waals surface area contributed by atoms with Crippen molar-refractivity contribution < 1.29 is 4.39 Å². The summed E-state index contributed by atoms with van der Waals surface area (Å²) < 4.78 is 13.1. The zero-order valence-electron chi connectivity index (χ0n) is 7.13. The molecule has 0 fully saturated rings. The number of halogens is 1.